The molecule has 0 aliphatic carbocycles. The quantitative estimate of drug-likeness (QED) is 0.694. The average Bonchev–Trinajstić information content (AvgIpc) is 2.57. The van der Waals surface area contributed by atoms with Crippen molar-refractivity contribution in [3.8, 4) is 0 Å². The van der Waals surface area contributed by atoms with E-state index in [1.54, 1.807) is 0 Å². The van der Waals surface area contributed by atoms with Crippen molar-refractivity contribution in [3.63, 3.8) is 0 Å². The molecule has 0 bridgehead atoms. The summed E-state index contributed by atoms with van der Waals surface area (Å²) in [5.41, 5.74) is 1.29. The summed E-state index contributed by atoms with van der Waals surface area (Å²) in [4.78, 5) is 0. The Kier molecular flexibility index (Phi) is 3.58. The Balaban J connectivity index is 2.23. The molecule has 3 atom stereocenters. The van der Waals surface area contributed by atoms with Gasteiger partial charge < -0.3 is 4.52 Å². The number of rotatable bonds is 1. The minimum atomic E-state index is -0.516. The van der Waals surface area contributed by atoms with Crippen LogP contribution in [0.3, 0.4) is 0 Å². The third-order valence-electron chi connectivity index (χ3n) is 3.23. The zero-order valence-corrected chi connectivity index (χ0v) is 12.2. The molecule has 3 heteroatoms. The Bertz CT molecular complexity index is 374. The van der Waals surface area contributed by atoms with E-state index in [4.69, 9.17) is 4.52 Å². The van der Waals surface area contributed by atoms with Gasteiger partial charge in [-0.05, 0) is 19.5 Å². The van der Waals surface area contributed by atoms with Gasteiger partial charge in [-0.15, -0.1) is 0 Å². The summed E-state index contributed by atoms with van der Waals surface area (Å²) >= 11 is 0. The largest absolute Gasteiger partial charge is 0.333 e. The van der Waals surface area contributed by atoms with Gasteiger partial charge in [0.05, 0.1) is 0 Å². The maximum absolute atomic E-state index is 6.33. The van der Waals surface area contributed by atoms with Crippen LogP contribution >= 0.6 is 8.30 Å². The smallest absolute Gasteiger partial charge is 0.110 e. The molecule has 1 aromatic rings. The molecule has 1 aliphatic heterocycles. The lowest BCUT2D eigenvalue weighted by Gasteiger charge is -2.31. The van der Waals surface area contributed by atoms with Crippen LogP contribution in [0.15, 0.2) is 30.3 Å². The lowest BCUT2D eigenvalue weighted by molar-refractivity contribution is 0.215. The van der Waals surface area contributed by atoms with Gasteiger partial charge in [-0.1, -0.05) is 51.1 Å². The molecule has 1 saturated heterocycles. The molecule has 1 aliphatic rings. The second-order valence-electron chi connectivity index (χ2n) is 5.69. The zero-order chi connectivity index (χ0) is 12.6. The van der Waals surface area contributed by atoms with Crippen molar-refractivity contribution in [1.82, 2.24) is 4.67 Å². The van der Waals surface area contributed by atoms with E-state index in [1.807, 2.05) is 0 Å². The molecule has 0 saturated carbocycles. The Labute approximate surface area is 106 Å². The van der Waals surface area contributed by atoms with Gasteiger partial charge in [-0.2, -0.15) is 0 Å². The van der Waals surface area contributed by atoms with Crippen LogP contribution in [0, 0.1) is 0 Å². The maximum atomic E-state index is 6.33. The van der Waals surface area contributed by atoms with Gasteiger partial charge in [0.15, 0.2) is 0 Å². The molecule has 2 nitrogen and oxygen atoms in total. The number of hydrogen-bond donors (Lipinski definition) is 0. The van der Waals surface area contributed by atoms with E-state index in [-0.39, 0.29) is 11.3 Å². The van der Waals surface area contributed by atoms with Gasteiger partial charge in [0.25, 0.3) is 0 Å². The summed E-state index contributed by atoms with van der Waals surface area (Å²) in [6.07, 6.45) is 0.214. The van der Waals surface area contributed by atoms with Crippen molar-refractivity contribution in [2.45, 2.75) is 45.0 Å². The van der Waals surface area contributed by atoms with Crippen molar-refractivity contribution < 1.29 is 4.52 Å². The minimum absolute atomic E-state index is 0.210. The van der Waals surface area contributed by atoms with Crippen LogP contribution in [0.5, 0.6) is 0 Å². The number of benzene rings is 1. The summed E-state index contributed by atoms with van der Waals surface area (Å²) < 4.78 is 8.74. The molecule has 1 aromatic carbocycles. The first-order valence-electron chi connectivity index (χ1n) is 6.16. The van der Waals surface area contributed by atoms with Crippen LogP contribution in [-0.4, -0.2) is 22.9 Å². The lowest BCUT2D eigenvalue weighted by atomic mass is 10.0. The van der Waals surface area contributed by atoms with E-state index in [0.717, 1.165) is 0 Å². The van der Waals surface area contributed by atoms with E-state index < -0.39 is 8.30 Å². The third-order valence-corrected chi connectivity index (χ3v) is 5.74. The predicted octanol–water partition coefficient (Wildman–Crippen LogP) is 4.19. The Morgan fingerprint density at radius 1 is 1.18 bits per heavy atom. The Hall–Kier alpha value is -0.430. The van der Waals surface area contributed by atoms with Gasteiger partial charge in [-0.3, -0.25) is 4.67 Å². The van der Waals surface area contributed by atoms with E-state index in [2.05, 4.69) is 69.7 Å². The Morgan fingerprint density at radius 2 is 1.76 bits per heavy atom. The molecule has 0 radical (unpaired) electrons. The van der Waals surface area contributed by atoms with Gasteiger partial charge >= 0.3 is 0 Å². The van der Waals surface area contributed by atoms with E-state index >= 15 is 0 Å². The average molecular weight is 251 g/mol. The second-order valence-corrected chi connectivity index (χ2v) is 8.42. The minimum Gasteiger partial charge on any atom is -0.333 e. The standard InChI is InChI=1S/C14H22NOP/c1-11-13(12-9-7-6-8-10-12)16-17(15(11)5)14(2,3)4/h6-11,13H,1-5H3. The molecule has 0 aromatic heterocycles. The summed E-state index contributed by atoms with van der Waals surface area (Å²) in [6.45, 7) is 9.03. The summed E-state index contributed by atoms with van der Waals surface area (Å²) in [5.74, 6) is 0. The molecular formula is C14H22NOP. The highest BCUT2D eigenvalue weighted by atomic mass is 31.2. The molecule has 3 unspecified atom stereocenters. The molecule has 0 spiro atoms. The predicted molar refractivity (Wildman–Crippen MR) is 74.2 cm³/mol. The third kappa shape index (κ3) is 2.54. The summed E-state index contributed by atoms with van der Waals surface area (Å²) in [6, 6.07) is 11.0. The molecule has 0 N–H and O–H groups in total. The highest BCUT2D eigenvalue weighted by molar-refractivity contribution is 7.52. The molecular weight excluding hydrogens is 229 g/mol. The van der Waals surface area contributed by atoms with Gasteiger partial charge in [-0.25, -0.2) is 0 Å². The normalized spacial score (nSPS) is 30.8. The topological polar surface area (TPSA) is 12.5 Å². The van der Waals surface area contributed by atoms with Crippen molar-refractivity contribution in [2.24, 2.45) is 0 Å². The maximum Gasteiger partial charge on any atom is 0.110 e. The highest BCUT2D eigenvalue weighted by Crippen LogP contribution is 2.62. The highest BCUT2D eigenvalue weighted by Gasteiger charge is 2.43. The molecule has 2 rings (SSSR count). The number of nitrogens with zero attached hydrogens (tertiary/aromatic N) is 1. The van der Waals surface area contributed by atoms with Crippen LogP contribution < -0.4 is 0 Å². The fraction of sp³-hybridized carbons (Fsp3) is 0.571. The number of hydrogen-bond acceptors (Lipinski definition) is 2. The van der Waals surface area contributed by atoms with E-state index in [1.165, 1.54) is 5.56 Å². The zero-order valence-electron chi connectivity index (χ0n) is 11.3. The van der Waals surface area contributed by atoms with E-state index in [0.29, 0.717) is 6.04 Å². The van der Waals surface area contributed by atoms with Crippen molar-refractivity contribution in [3.05, 3.63) is 35.9 Å². The van der Waals surface area contributed by atoms with Crippen molar-refractivity contribution in [2.75, 3.05) is 7.05 Å². The Morgan fingerprint density at radius 3 is 2.24 bits per heavy atom. The van der Waals surface area contributed by atoms with Crippen molar-refractivity contribution in [1.29, 1.82) is 0 Å². The first-order valence-corrected chi connectivity index (χ1v) is 7.37. The van der Waals surface area contributed by atoms with Gasteiger partial charge in [0.1, 0.15) is 14.4 Å². The molecule has 0 amide bonds. The molecule has 17 heavy (non-hydrogen) atoms. The van der Waals surface area contributed by atoms with Crippen molar-refractivity contribution >= 4 is 8.30 Å². The summed E-state index contributed by atoms with van der Waals surface area (Å²) in [7, 11) is 1.67. The summed E-state index contributed by atoms with van der Waals surface area (Å²) in [5, 5.41) is 0.210. The number of likely N-dealkylation sites (N-methyl/N-ethyl adjacent to an activating group) is 1. The molecule has 1 fully saturated rings. The lowest BCUT2D eigenvalue weighted by Crippen LogP contribution is -2.26. The van der Waals surface area contributed by atoms with Crippen LogP contribution in [0.25, 0.3) is 0 Å². The fourth-order valence-corrected chi connectivity index (χ4v) is 4.62. The molecule has 94 valence electrons. The van der Waals surface area contributed by atoms with Crippen LogP contribution in [0.1, 0.15) is 39.4 Å². The van der Waals surface area contributed by atoms with Crippen LogP contribution in [0.4, 0.5) is 0 Å². The second kappa shape index (κ2) is 4.68. The first-order chi connectivity index (χ1) is 7.91. The van der Waals surface area contributed by atoms with Gasteiger partial charge in [0.2, 0.25) is 0 Å². The monoisotopic (exact) mass is 251 g/mol. The first kappa shape index (κ1) is 13.0. The van der Waals surface area contributed by atoms with Gasteiger partial charge in [0, 0.05) is 11.2 Å². The fourth-order valence-electron chi connectivity index (χ4n) is 2.24. The molecule has 1 heterocycles. The van der Waals surface area contributed by atoms with E-state index in [9.17, 15) is 0 Å². The van der Waals surface area contributed by atoms with Crippen LogP contribution in [0.2, 0.25) is 0 Å². The SMILES string of the molecule is CC1C(c2ccccc2)OP(C(C)(C)C)N1C. The van der Waals surface area contributed by atoms with Crippen LogP contribution in [-0.2, 0) is 4.52 Å².